The van der Waals surface area contributed by atoms with Crippen molar-refractivity contribution in [3.63, 3.8) is 0 Å². The second-order valence-corrected chi connectivity index (χ2v) is 4.10. The van der Waals surface area contributed by atoms with Gasteiger partial charge in [0.15, 0.2) is 0 Å². The molecule has 0 spiro atoms. The van der Waals surface area contributed by atoms with Crippen LogP contribution in [0.4, 0.5) is 0 Å². The van der Waals surface area contributed by atoms with Crippen molar-refractivity contribution in [2.45, 2.75) is 25.9 Å². The summed E-state index contributed by atoms with van der Waals surface area (Å²) in [6.45, 7) is 4.79. The van der Waals surface area contributed by atoms with Crippen LogP contribution in [-0.4, -0.2) is 12.6 Å². The van der Waals surface area contributed by atoms with E-state index in [0.29, 0.717) is 12.6 Å². The van der Waals surface area contributed by atoms with Gasteiger partial charge in [-0.15, -0.1) is 0 Å². The predicted octanol–water partition coefficient (Wildman–Crippen LogP) is 2.34. The second kappa shape index (κ2) is 5.35. The molecule has 2 nitrogen and oxygen atoms in total. The van der Waals surface area contributed by atoms with E-state index in [2.05, 4.69) is 19.2 Å². The Bertz CT molecular complexity index is 286. The summed E-state index contributed by atoms with van der Waals surface area (Å²) in [4.78, 5) is 0. The van der Waals surface area contributed by atoms with Gasteiger partial charge >= 0.3 is 0 Å². The molecular weight excluding hydrogens is 196 g/mol. The Morgan fingerprint density at radius 3 is 2.64 bits per heavy atom. The first-order valence-corrected chi connectivity index (χ1v) is 5.23. The van der Waals surface area contributed by atoms with Gasteiger partial charge in [-0.25, -0.2) is 0 Å². The number of benzene rings is 1. The van der Waals surface area contributed by atoms with Crippen molar-refractivity contribution in [2.24, 2.45) is 5.73 Å². The highest BCUT2D eigenvalue weighted by molar-refractivity contribution is 6.30. The van der Waals surface area contributed by atoms with Crippen molar-refractivity contribution >= 4 is 11.6 Å². The zero-order valence-electron chi connectivity index (χ0n) is 8.63. The highest BCUT2D eigenvalue weighted by atomic mass is 35.5. The average Bonchev–Trinajstić information content (AvgIpc) is 2.14. The molecule has 1 aromatic carbocycles. The van der Waals surface area contributed by atoms with Crippen molar-refractivity contribution in [1.29, 1.82) is 0 Å². The number of hydrogen-bond acceptors (Lipinski definition) is 2. The smallest absolute Gasteiger partial charge is 0.0446 e. The van der Waals surface area contributed by atoms with Crippen molar-refractivity contribution in [2.75, 3.05) is 6.54 Å². The molecule has 78 valence electrons. The van der Waals surface area contributed by atoms with Gasteiger partial charge in [-0.1, -0.05) is 37.6 Å². The number of hydrogen-bond donors (Lipinski definition) is 2. The molecule has 14 heavy (non-hydrogen) atoms. The molecule has 0 amide bonds. The van der Waals surface area contributed by atoms with E-state index in [4.69, 9.17) is 17.3 Å². The Morgan fingerprint density at radius 1 is 1.43 bits per heavy atom. The van der Waals surface area contributed by atoms with Gasteiger partial charge in [-0.2, -0.15) is 0 Å². The molecule has 0 saturated heterocycles. The molecule has 1 rings (SSSR count). The van der Waals surface area contributed by atoms with Crippen molar-refractivity contribution in [1.82, 2.24) is 5.32 Å². The third-order valence-corrected chi connectivity index (χ3v) is 2.26. The first-order chi connectivity index (χ1) is 6.63. The molecular formula is C11H17ClN2. The minimum Gasteiger partial charge on any atom is -0.329 e. The van der Waals surface area contributed by atoms with Gasteiger partial charge in [0.05, 0.1) is 0 Å². The number of rotatable bonds is 4. The van der Waals surface area contributed by atoms with E-state index in [-0.39, 0.29) is 6.04 Å². The quantitative estimate of drug-likeness (QED) is 0.804. The van der Waals surface area contributed by atoms with E-state index in [1.165, 1.54) is 0 Å². The predicted molar refractivity (Wildman–Crippen MR) is 61.5 cm³/mol. The van der Waals surface area contributed by atoms with Crippen LogP contribution in [0.3, 0.4) is 0 Å². The second-order valence-electron chi connectivity index (χ2n) is 3.66. The topological polar surface area (TPSA) is 38.0 Å². The fourth-order valence-electron chi connectivity index (χ4n) is 1.43. The van der Waals surface area contributed by atoms with Gasteiger partial charge in [0, 0.05) is 23.7 Å². The molecule has 1 unspecified atom stereocenters. The van der Waals surface area contributed by atoms with Gasteiger partial charge in [0.2, 0.25) is 0 Å². The fraction of sp³-hybridized carbons (Fsp3) is 0.455. The lowest BCUT2D eigenvalue weighted by molar-refractivity contribution is 0.484. The molecule has 1 aromatic rings. The summed E-state index contributed by atoms with van der Waals surface area (Å²) in [5.74, 6) is 0. The van der Waals surface area contributed by atoms with Crippen LogP contribution in [0.2, 0.25) is 5.02 Å². The molecule has 0 radical (unpaired) electrons. The van der Waals surface area contributed by atoms with Crippen LogP contribution in [-0.2, 0) is 0 Å². The molecule has 1 atom stereocenters. The summed E-state index contributed by atoms with van der Waals surface area (Å²) < 4.78 is 0. The van der Waals surface area contributed by atoms with Gasteiger partial charge < -0.3 is 11.1 Å². The summed E-state index contributed by atoms with van der Waals surface area (Å²) in [6.07, 6.45) is 0. The van der Waals surface area contributed by atoms with E-state index >= 15 is 0 Å². The molecule has 3 N–H and O–H groups in total. The van der Waals surface area contributed by atoms with Gasteiger partial charge in [0.1, 0.15) is 0 Å². The molecule has 0 fully saturated rings. The molecule has 0 heterocycles. The van der Waals surface area contributed by atoms with Crippen LogP contribution in [0.15, 0.2) is 24.3 Å². The summed E-state index contributed by atoms with van der Waals surface area (Å²) >= 11 is 5.91. The monoisotopic (exact) mass is 212 g/mol. The fourth-order valence-corrected chi connectivity index (χ4v) is 1.62. The standard InChI is InChI=1S/C11H17ClN2/c1-8(2)14-11(7-13)9-4-3-5-10(12)6-9/h3-6,8,11,14H,7,13H2,1-2H3. The molecule has 0 aliphatic rings. The van der Waals surface area contributed by atoms with E-state index in [1.807, 2.05) is 24.3 Å². The highest BCUT2D eigenvalue weighted by Gasteiger charge is 2.10. The normalized spacial score (nSPS) is 13.2. The Hall–Kier alpha value is -0.570. The van der Waals surface area contributed by atoms with Crippen LogP contribution in [0.25, 0.3) is 0 Å². The Morgan fingerprint density at radius 2 is 2.14 bits per heavy atom. The zero-order chi connectivity index (χ0) is 10.6. The van der Waals surface area contributed by atoms with Gasteiger partial charge in [-0.3, -0.25) is 0 Å². The molecule has 0 saturated carbocycles. The van der Waals surface area contributed by atoms with Gasteiger partial charge in [-0.05, 0) is 17.7 Å². The van der Waals surface area contributed by atoms with Gasteiger partial charge in [0.25, 0.3) is 0 Å². The minimum atomic E-state index is 0.189. The minimum absolute atomic E-state index is 0.189. The van der Waals surface area contributed by atoms with E-state index in [9.17, 15) is 0 Å². The van der Waals surface area contributed by atoms with E-state index in [1.54, 1.807) is 0 Å². The van der Waals surface area contributed by atoms with Crippen molar-refractivity contribution < 1.29 is 0 Å². The molecule has 0 bridgehead atoms. The molecule has 0 aromatic heterocycles. The van der Waals surface area contributed by atoms with E-state index < -0.39 is 0 Å². The van der Waals surface area contributed by atoms with Crippen LogP contribution in [0, 0.1) is 0 Å². The first-order valence-electron chi connectivity index (χ1n) is 4.85. The molecule has 0 aliphatic carbocycles. The van der Waals surface area contributed by atoms with Crippen molar-refractivity contribution in [3.05, 3.63) is 34.9 Å². The van der Waals surface area contributed by atoms with Crippen LogP contribution in [0.1, 0.15) is 25.5 Å². The number of nitrogens with one attached hydrogen (secondary N) is 1. The van der Waals surface area contributed by atoms with Crippen LogP contribution < -0.4 is 11.1 Å². The Kier molecular flexibility index (Phi) is 4.39. The SMILES string of the molecule is CC(C)NC(CN)c1cccc(Cl)c1. The number of nitrogens with two attached hydrogens (primary N) is 1. The van der Waals surface area contributed by atoms with Crippen LogP contribution >= 0.6 is 11.6 Å². The number of halogens is 1. The lowest BCUT2D eigenvalue weighted by atomic mass is 10.1. The highest BCUT2D eigenvalue weighted by Crippen LogP contribution is 2.17. The summed E-state index contributed by atoms with van der Waals surface area (Å²) in [6, 6.07) is 8.42. The maximum Gasteiger partial charge on any atom is 0.0446 e. The first kappa shape index (κ1) is 11.5. The third kappa shape index (κ3) is 3.29. The Balaban J connectivity index is 2.78. The average molecular weight is 213 g/mol. The summed E-state index contributed by atoms with van der Waals surface area (Å²) in [5.41, 5.74) is 6.84. The maximum absolute atomic E-state index is 5.91. The van der Waals surface area contributed by atoms with Crippen molar-refractivity contribution in [3.8, 4) is 0 Å². The lowest BCUT2D eigenvalue weighted by Crippen LogP contribution is -2.33. The lowest BCUT2D eigenvalue weighted by Gasteiger charge is -2.20. The Labute approximate surface area is 90.4 Å². The zero-order valence-corrected chi connectivity index (χ0v) is 9.38. The maximum atomic E-state index is 5.91. The summed E-state index contributed by atoms with van der Waals surface area (Å²) in [7, 11) is 0. The molecule has 0 aliphatic heterocycles. The van der Waals surface area contributed by atoms with Crippen LogP contribution in [0.5, 0.6) is 0 Å². The summed E-state index contributed by atoms with van der Waals surface area (Å²) in [5, 5.41) is 4.15. The third-order valence-electron chi connectivity index (χ3n) is 2.02. The largest absolute Gasteiger partial charge is 0.329 e. The van der Waals surface area contributed by atoms with E-state index in [0.717, 1.165) is 10.6 Å². The molecule has 3 heteroatoms.